The lowest BCUT2D eigenvalue weighted by Gasteiger charge is -2.28. The molecule has 0 unspecified atom stereocenters. The first-order valence-electron chi connectivity index (χ1n) is 4.47. The quantitative estimate of drug-likeness (QED) is 0.753. The third kappa shape index (κ3) is 4.50. The van der Waals surface area contributed by atoms with Crippen LogP contribution in [0.15, 0.2) is 0 Å². The van der Waals surface area contributed by atoms with E-state index in [1.807, 2.05) is 0 Å². The van der Waals surface area contributed by atoms with Crippen LogP contribution in [0.5, 0.6) is 0 Å². The zero-order valence-electron chi connectivity index (χ0n) is 8.76. The van der Waals surface area contributed by atoms with Gasteiger partial charge < -0.3 is 10.0 Å². The Balaban J connectivity index is 4.41. The van der Waals surface area contributed by atoms with Gasteiger partial charge in [0.1, 0.15) is 0 Å². The molecule has 1 amide bonds. The molecule has 0 saturated heterocycles. The van der Waals surface area contributed by atoms with Gasteiger partial charge in [0, 0.05) is 12.0 Å². The maximum absolute atomic E-state index is 12.1. The topological polar surface area (TPSA) is 40.5 Å². The second-order valence-electron chi connectivity index (χ2n) is 4.12. The van der Waals surface area contributed by atoms with Gasteiger partial charge in [-0.2, -0.15) is 0 Å². The van der Waals surface area contributed by atoms with Gasteiger partial charge in [-0.25, -0.2) is 8.78 Å². The SMILES string of the molecule is CC(C)(C)C(=O)N(CCO)CC(F)F. The van der Waals surface area contributed by atoms with Crippen LogP contribution < -0.4 is 0 Å². The Kier molecular flexibility index (Phi) is 4.97. The summed E-state index contributed by atoms with van der Waals surface area (Å²) < 4.78 is 24.2. The van der Waals surface area contributed by atoms with Gasteiger partial charge in [0.15, 0.2) is 0 Å². The lowest BCUT2D eigenvalue weighted by Crippen LogP contribution is -2.43. The van der Waals surface area contributed by atoms with Crippen LogP contribution in [0.1, 0.15) is 20.8 Å². The molecule has 0 aromatic heterocycles. The van der Waals surface area contributed by atoms with E-state index < -0.39 is 18.4 Å². The number of rotatable bonds is 4. The second-order valence-corrected chi connectivity index (χ2v) is 4.12. The predicted molar refractivity (Wildman–Crippen MR) is 49.1 cm³/mol. The van der Waals surface area contributed by atoms with E-state index in [4.69, 9.17) is 5.11 Å². The summed E-state index contributed by atoms with van der Waals surface area (Å²) in [5.41, 5.74) is -0.690. The average molecular weight is 209 g/mol. The Bertz CT molecular complexity index is 190. The largest absolute Gasteiger partial charge is 0.395 e. The summed E-state index contributed by atoms with van der Waals surface area (Å²) >= 11 is 0. The lowest BCUT2D eigenvalue weighted by atomic mass is 9.95. The molecule has 3 nitrogen and oxygen atoms in total. The molecule has 0 heterocycles. The first-order chi connectivity index (χ1) is 6.29. The summed E-state index contributed by atoms with van der Waals surface area (Å²) in [6, 6.07) is 0. The van der Waals surface area contributed by atoms with Crippen molar-refractivity contribution in [1.82, 2.24) is 4.90 Å². The molecule has 0 aromatic carbocycles. The Hall–Kier alpha value is -0.710. The molecule has 84 valence electrons. The van der Waals surface area contributed by atoms with Gasteiger partial charge in [0.2, 0.25) is 5.91 Å². The Labute approximate surface area is 82.7 Å². The lowest BCUT2D eigenvalue weighted by molar-refractivity contribution is -0.142. The first kappa shape index (κ1) is 13.3. The van der Waals surface area contributed by atoms with E-state index in [0.717, 1.165) is 4.90 Å². The van der Waals surface area contributed by atoms with Gasteiger partial charge in [-0.1, -0.05) is 20.8 Å². The van der Waals surface area contributed by atoms with Crippen molar-refractivity contribution in [2.24, 2.45) is 5.41 Å². The number of hydrogen-bond acceptors (Lipinski definition) is 2. The molecule has 0 rings (SSSR count). The number of amides is 1. The molecular formula is C9H17F2NO2. The first-order valence-corrected chi connectivity index (χ1v) is 4.47. The fourth-order valence-corrected chi connectivity index (χ4v) is 1.04. The molecule has 14 heavy (non-hydrogen) atoms. The zero-order valence-corrected chi connectivity index (χ0v) is 8.76. The van der Waals surface area contributed by atoms with Crippen molar-refractivity contribution in [3.63, 3.8) is 0 Å². The highest BCUT2D eigenvalue weighted by Crippen LogP contribution is 2.17. The molecule has 0 saturated carbocycles. The van der Waals surface area contributed by atoms with E-state index >= 15 is 0 Å². The normalized spacial score (nSPS) is 11.9. The standard InChI is InChI=1S/C9H17F2NO2/c1-9(2,3)8(14)12(4-5-13)6-7(10)11/h7,13H,4-6H2,1-3H3. The molecule has 0 bridgehead atoms. The van der Waals surface area contributed by atoms with Crippen molar-refractivity contribution in [3.05, 3.63) is 0 Å². The third-order valence-electron chi connectivity index (χ3n) is 1.66. The van der Waals surface area contributed by atoms with E-state index in [9.17, 15) is 13.6 Å². The molecule has 0 atom stereocenters. The van der Waals surface area contributed by atoms with Crippen LogP contribution in [0.2, 0.25) is 0 Å². The Morgan fingerprint density at radius 1 is 1.43 bits per heavy atom. The maximum atomic E-state index is 12.1. The van der Waals surface area contributed by atoms with Gasteiger partial charge in [-0.05, 0) is 0 Å². The average Bonchev–Trinajstić information content (AvgIpc) is 2.00. The zero-order chi connectivity index (χ0) is 11.4. The van der Waals surface area contributed by atoms with E-state index in [0.29, 0.717) is 0 Å². The highest BCUT2D eigenvalue weighted by atomic mass is 19.3. The maximum Gasteiger partial charge on any atom is 0.255 e. The smallest absolute Gasteiger partial charge is 0.255 e. The van der Waals surface area contributed by atoms with Crippen molar-refractivity contribution in [2.75, 3.05) is 19.7 Å². The molecule has 5 heteroatoms. The van der Waals surface area contributed by atoms with Crippen molar-refractivity contribution in [3.8, 4) is 0 Å². The minimum atomic E-state index is -2.56. The predicted octanol–water partition coefficient (Wildman–Crippen LogP) is 1.12. The van der Waals surface area contributed by atoms with Gasteiger partial charge >= 0.3 is 0 Å². The fraction of sp³-hybridized carbons (Fsp3) is 0.889. The minimum Gasteiger partial charge on any atom is -0.395 e. The Morgan fingerprint density at radius 3 is 2.21 bits per heavy atom. The molecule has 0 aliphatic heterocycles. The molecule has 0 radical (unpaired) electrons. The van der Waals surface area contributed by atoms with Crippen LogP contribution in [-0.4, -0.2) is 42.0 Å². The number of carbonyl (C=O) groups is 1. The summed E-state index contributed by atoms with van der Waals surface area (Å²) in [4.78, 5) is 12.6. The summed E-state index contributed by atoms with van der Waals surface area (Å²) in [5.74, 6) is -0.369. The van der Waals surface area contributed by atoms with Crippen molar-refractivity contribution in [1.29, 1.82) is 0 Å². The molecule has 0 aliphatic rings. The van der Waals surface area contributed by atoms with Crippen LogP contribution in [0.25, 0.3) is 0 Å². The van der Waals surface area contributed by atoms with E-state index in [2.05, 4.69) is 0 Å². The molecule has 0 spiro atoms. The van der Waals surface area contributed by atoms with Crippen molar-refractivity contribution >= 4 is 5.91 Å². The minimum absolute atomic E-state index is 0.0412. The van der Waals surface area contributed by atoms with Crippen LogP contribution in [-0.2, 0) is 4.79 Å². The van der Waals surface area contributed by atoms with Crippen LogP contribution >= 0.6 is 0 Å². The number of nitrogens with zero attached hydrogens (tertiary/aromatic N) is 1. The summed E-state index contributed by atoms with van der Waals surface area (Å²) in [5, 5.41) is 8.63. The van der Waals surface area contributed by atoms with Gasteiger partial charge in [0.05, 0.1) is 13.2 Å². The number of aliphatic hydroxyl groups is 1. The van der Waals surface area contributed by atoms with Crippen LogP contribution in [0, 0.1) is 5.41 Å². The van der Waals surface area contributed by atoms with E-state index in [1.54, 1.807) is 20.8 Å². The summed E-state index contributed by atoms with van der Waals surface area (Å²) in [6.45, 7) is 4.02. The van der Waals surface area contributed by atoms with Crippen molar-refractivity contribution < 1.29 is 18.7 Å². The molecular weight excluding hydrogens is 192 g/mol. The van der Waals surface area contributed by atoms with Crippen molar-refractivity contribution in [2.45, 2.75) is 27.2 Å². The summed E-state index contributed by atoms with van der Waals surface area (Å²) in [6.07, 6.45) is -2.56. The van der Waals surface area contributed by atoms with E-state index in [-0.39, 0.29) is 19.1 Å². The highest BCUT2D eigenvalue weighted by molar-refractivity contribution is 5.81. The number of halogens is 2. The third-order valence-corrected chi connectivity index (χ3v) is 1.66. The van der Waals surface area contributed by atoms with Gasteiger partial charge in [-0.15, -0.1) is 0 Å². The van der Waals surface area contributed by atoms with E-state index in [1.165, 1.54) is 0 Å². The second kappa shape index (κ2) is 5.24. The summed E-state index contributed by atoms with van der Waals surface area (Å²) in [7, 11) is 0. The molecule has 1 N–H and O–H groups in total. The highest BCUT2D eigenvalue weighted by Gasteiger charge is 2.28. The van der Waals surface area contributed by atoms with Crippen LogP contribution in [0.4, 0.5) is 8.78 Å². The van der Waals surface area contributed by atoms with Crippen LogP contribution in [0.3, 0.4) is 0 Å². The monoisotopic (exact) mass is 209 g/mol. The fourth-order valence-electron chi connectivity index (χ4n) is 1.04. The van der Waals surface area contributed by atoms with Gasteiger partial charge in [-0.3, -0.25) is 4.79 Å². The number of hydrogen-bond donors (Lipinski definition) is 1. The van der Waals surface area contributed by atoms with Gasteiger partial charge in [0.25, 0.3) is 6.43 Å². The molecule has 0 aromatic rings. The Morgan fingerprint density at radius 2 is 1.93 bits per heavy atom. The molecule has 0 fully saturated rings. The number of aliphatic hydroxyl groups excluding tert-OH is 1. The number of carbonyl (C=O) groups excluding carboxylic acids is 1. The number of alkyl halides is 2. The molecule has 0 aliphatic carbocycles.